The summed E-state index contributed by atoms with van der Waals surface area (Å²) in [5.74, 6) is 0.205. The minimum absolute atomic E-state index is 0.205. The van der Waals surface area contributed by atoms with Gasteiger partial charge in [0, 0.05) is 30.9 Å². The number of fused-ring (bicyclic) bond motifs is 2. The van der Waals surface area contributed by atoms with Gasteiger partial charge >= 0.3 is 0 Å². The molecule has 4 rings (SSSR count). The van der Waals surface area contributed by atoms with E-state index in [0.29, 0.717) is 6.54 Å². The number of carbonyl (C=O) groups excluding carboxylic acids is 1. The Hall–Kier alpha value is -3.10. The summed E-state index contributed by atoms with van der Waals surface area (Å²) in [6, 6.07) is 9.30. The number of phenolic OH excluding ortho intramolecular Hbond substituents is 1. The number of anilines is 3. The number of nitrogens with zero attached hydrogens (tertiary/aromatic N) is 5. The first kappa shape index (κ1) is 21.1. The van der Waals surface area contributed by atoms with Gasteiger partial charge in [0.1, 0.15) is 11.4 Å². The van der Waals surface area contributed by atoms with Crippen LogP contribution in [-0.2, 0) is 11.3 Å². The molecule has 3 aromatic rings. The van der Waals surface area contributed by atoms with Crippen molar-refractivity contribution in [2.75, 3.05) is 58.0 Å². The maximum absolute atomic E-state index is 11.9. The third-order valence-electron chi connectivity index (χ3n) is 5.61. The number of aromatic nitrogens is 2. The van der Waals surface area contributed by atoms with Crippen LogP contribution in [0.1, 0.15) is 6.42 Å². The fourth-order valence-corrected chi connectivity index (χ4v) is 4.03. The smallest absolute Gasteiger partial charge is 0.214 e. The standard InChI is InChI=1S/C23H30N6O2/c1-26(2)10-5-11-29-19-8-9-20(28(15-30)13-12-27(3)4)23-21(19)22(25-29)17-14-16(31)6-7-18(17)24-23/h6-9,14-15,24,31H,5,10-13H2,1-4H3. The maximum atomic E-state index is 11.9. The van der Waals surface area contributed by atoms with E-state index >= 15 is 0 Å². The molecule has 1 amide bonds. The summed E-state index contributed by atoms with van der Waals surface area (Å²) in [5, 5.41) is 19.5. The number of benzene rings is 2. The fraction of sp³-hybridized carbons (Fsp3) is 0.391. The number of phenols is 1. The van der Waals surface area contributed by atoms with Crippen molar-refractivity contribution in [3.8, 4) is 17.0 Å². The molecule has 2 heterocycles. The lowest BCUT2D eigenvalue weighted by molar-refractivity contribution is -0.107. The molecule has 0 aliphatic carbocycles. The summed E-state index contributed by atoms with van der Waals surface area (Å²) in [7, 11) is 8.12. The van der Waals surface area contributed by atoms with Crippen molar-refractivity contribution >= 4 is 34.4 Å². The van der Waals surface area contributed by atoms with Crippen molar-refractivity contribution in [3.63, 3.8) is 0 Å². The van der Waals surface area contributed by atoms with Crippen LogP contribution in [0, 0.1) is 0 Å². The highest BCUT2D eigenvalue weighted by atomic mass is 16.3. The second-order valence-corrected chi connectivity index (χ2v) is 8.54. The molecule has 0 atom stereocenters. The Morgan fingerprint density at radius 3 is 2.55 bits per heavy atom. The predicted molar refractivity (Wildman–Crippen MR) is 125 cm³/mol. The molecule has 31 heavy (non-hydrogen) atoms. The first-order valence-corrected chi connectivity index (χ1v) is 10.5. The number of hydrogen-bond donors (Lipinski definition) is 2. The van der Waals surface area contributed by atoms with Gasteiger partial charge in [0.25, 0.3) is 0 Å². The number of nitrogens with one attached hydrogen (secondary N) is 1. The number of aryl methyl sites for hydroxylation is 1. The molecule has 0 radical (unpaired) electrons. The quantitative estimate of drug-likeness (QED) is 0.319. The van der Waals surface area contributed by atoms with Crippen LogP contribution < -0.4 is 10.2 Å². The SMILES string of the molecule is CN(C)CCCn1nc2c3c(c(N(C=O)CCN(C)C)ccc31)Nc1ccc(O)cc1-2. The molecule has 0 unspecified atom stereocenters. The highest BCUT2D eigenvalue weighted by Crippen LogP contribution is 2.48. The third-order valence-corrected chi connectivity index (χ3v) is 5.61. The number of aromatic hydroxyl groups is 1. The van der Waals surface area contributed by atoms with Gasteiger partial charge in [-0.05, 0) is 71.5 Å². The fourth-order valence-electron chi connectivity index (χ4n) is 4.03. The molecule has 2 N–H and O–H groups in total. The van der Waals surface area contributed by atoms with Crippen LogP contribution in [0.15, 0.2) is 30.3 Å². The van der Waals surface area contributed by atoms with E-state index in [1.807, 2.05) is 37.0 Å². The number of rotatable bonds is 9. The van der Waals surface area contributed by atoms with Crippen LogP contribution in [0.3, 0.4) is 0 Å². The number of amides is 1. The van der Waals surface area contributed by atoms with Crippen molar-refractivity contribution in [2.24, 2.45) is 0 Å². The van der Waals surface area contributed by atoms with E-state index in [-0.39, 0.29) is 5.75 Å². The van der Waals surface area contributed by atoms with E-state index in [1.54, 1.807) is 17.0 Å². The molecule has 0 saturated carbocycles. The lowest BCUT2D eigenvalue weighted by Gasteiger charge is -2.26. The minimum Gasteiger partial charge on any atom is -0.508 e. The van der Waals surface area contributed by atoms with Crippen molar-refractivity contribution in [1.82, 2.24) is 19.6 Å². The maximum Gasteiger partial charge on any atom is 0.214 e. The molecule has 1 aromatic heterocycles. The molecule has 0 fully saturated rings. The first-order chi connectivity index (χ1) is 14.9. The highest BCUT2D eigenvalue weighted by molar-refractivity contribution is 6.14. The average molecular weight is 423 g/mol. The van der Waals surface area contributed by atoms with Crippen molar-refractivity contribution < 1.29 is 9.90 Å². The predicted octanol–water partition coefficient (Wildman–Crippen LogP) is 2.94. The lowest BCUT2D eigenvalue weighted by Crippen LogP contribution is -2.31. The van der Waals surface area contributed by atoms with Crippen LogP contribution in [0.2, 0.25) is 0 Å². The molecule has 0 spiro atoms. The second-order valence-electron chi connectivity index (χ2n) is 8.54. The van der Waals surface area contributed by atoms with E-state index in [9.17, 15) is 9.90 Å². The molecule has 0 bridgehead atoms. The number of carbonyl (C=O) groups is 1. The highest BCUT2D eigenvalue weighted by Gasteiger charge is 2.27. The van der Waals surface area contributed by atoms with Crippen LogP contribution in [0.5, 0.6) is 5.75 Å². The molecule has 8 nitrogen and oxygen atoms in total. The van der Waals surface area contributed by atoms with E-state index in [4.69, 9.17) is 5.10 Å². The summed E-state index contributed by atoms with van der Waals surface area (Å²) < 4.78 is 2.04. The van der Waals surface area contributed by atoms with Gasteiger partial charge in [-0.1, -0.05) is 0 Å². The van der Waals surface area contributed by atoms with Gasteiger partial charge < -0.3 is 25.1 Å². The van der Waals surface area contributed by atoms with E-state index in [2.05, 4.69) is 29.2 Å². The molecule has 2 aromatic carbocycles. The number of likely N-dealkylation sites (N-methyl/N-ethyl adjacent to an activating group) is 1. The minimum atomic E-state index is 0.205. The molecular formula is C23H30N6O2. The zero-order chi connectivity index (χ0) is 22.1. The van der Waals surface area contributed by atoms with Crippen LogP contribution >= 0.6 is 0 Å². The summed E-state index contributed by atoms with van der Waals surface area (Å²) in [6.45, 7) is 3.11. The molecule has 164 valence electrons. The number of hydrogen-bond acceptors (Lipinski definition) is 6. The lowest BCUT2D eigenvalue weighted by atomic mass is 9.98. The van der Waals surface area contributed by atoms with Gasteiger partial charge in [-0.15, -0.1) is 0 Å². The van der Waals surface area contributed by atoms with Gasteiger partial charge in [0.05, 0.1) is 22.3 Å². The Balaban J connectivity index is 1.84. The Bertz CT molecular complexity index is 1110. The summed E-state index contributed by atoms with van der Waals surface area (Å²) >= 11 is 0. The topological polar surface area (TPSA) is 76.9 Å². The average Bonchev–Trinajstić information content (AvgIpc) is 3.09. The summed E-state index contributed by atoms with van der Waals surface area (Å²) in [5.41, 5.74) is 5.31. The monoisotopic (exact) mass is 422 g/mol. The Labute approximate surface area is 182 Å². The van der Waals surface area contributed by atoms with E-state index < -0.39 is 0 Å². The van der Waals surface area contributed by atoms with Crippen LogP contribution in [0.4, 0.5) is 17.1 Å². The Kier molecular flexibility index (Phi) is 5.84. The second kappa shape index (κ2) is 8.56. The van der Waals surface area contributed by atoms with Crippen molar-refractivity contribution in [3.05, 3.63) is 30.3 Å². The molecular weight excluding hydrogens is 392 g/mol. The van der Waals surface area contributed by atoms with Crippen LogP contribution in [-0.4, -0.2) is 78.9 Å². The van der Waals surface area contributed by atoms with Crippen molar-refractivity contribution in [1.29, 1.82) is 0 Å². The van der Waals surface area contributed by atoms with E-state index in [0.717, 1.165) is 71.7 Å². The van der Waals surface area contributed by atoms with Gasteiger partial charge in [-0.25, -0.2) is 0 Å². The Morgan fingerprint density at radius 1 is 1.06 bits per heavy atom. The van der Waals surface area contributed by atoms with Crippen molar-refractivity contribution in [2.45, 2.75) is 13.0 Å². The first-order valence-electron chi connectivity index (χ1n) is 10.5. The van der Waals surface area contributed by atoms with E-state index in [1.165, 1.54) is 0 Å². The largest absolute Gasteiger partial charge is 0.508 e. The van der Waals surface area contributed by atoms with Crippen LogP contribution in [0.25, 0.3) is 22.2 Å². The molecule has 8 heteroatoms. The van der Waals surface area contributed by atoms with Gasteiger partial charge in [0.15, 0.2) is 0 Å². The van der Waals surface area contributed by atoms with Gasteiger partial charge in [-0.2, -0.15) is 5.10 Å². The zero-order valence-corrected chi connectivity index (χ0v) is 18.6. The van der Waals surface area contributed by atoms with Gasteiger partial charge in [0.2, 0.25) is 6.41 Å². The van der Waals surface area contributed by atoms with Gasteiger partial charge in [-0.3, -0.25) is 9.48 Å². The Morgan fingerprint density at radius 2 is 1.84 bits per heavy atom. The molecule has 0 saturated heterocycles. The molecule has 1 aliphatic heterocycles. The summed E-state index contributed by atoms with van der Waals surface area (Å²) in [4.78, 5) is 17.9. The normalized spacial score (nSPS) is 12.3. The summed E-state index contributed by atoms with van der Waals surface area (Å²) in [6.07, 6.45) is 1.86. The third kappa shape index (κ3) is 4.08. The zero-order valence-electron chi connectivity index (χ0n) is 18.6. The molecule has 1 aliphatic rings.